The minimum atomic E-state index is -0.202. The highest BCUT2D eigenvalue weighted by Gasteiger charge is 2.26. The third-order valence-corrected chi connectivity index (χ3v) is 5.59. The summed E-state index contributed by atoms with van der Waals surface area (Å²) < 4.78 is 0. The monoisotopic (exact) mass is 353 g/mol. The van der Waals surface area contributed by atoms with Crippen molar-refractivity contribution in [3.63, 3.8) is 0 Å². The first kappa shape index (κ1) is 16.0. The quantitative estimate of drug-likeness (QED) is 0.751. The van der Waals surface area contributed by atoms with E-state index in [-0.39, 0.29) is 17.9 Å². The third kappa shape index (κ3) is 3.32. The van der Waals surface area contributed by atoms with Gasteiger partial charge in [0.1, 0.15) is 12.1 Å². The number of nitrogens with one attached hydrogen (secondary N) is 1. The smallest absolute Gasteiger partial charge is 0.220 e. The Labute approximate surface area is 149 Å². The Morgan fingerprint density at radius 1 is 1.28 bits per heavy atom. The topological polar surface area (TPSA) is 93.8 Å². The highest BCUT2D eigenvalue weighted by Crippen LogP contribution is 2.31. The zero-order valence-corrected chi connectivity index (χ0v) is 14.5. The average Bonchev–Trinajstić information content (AvgIpc) is 3.16. The molecule has 6 nitrogen and oxygen atoms in total. The summed E-state index contributed by atoms with van der Waals surface area (Å²) in [6, 6.07) is 6.36. The summed E-state index contributed by atoms with van der Waals surface area (Å²) >= 11 is 1.61. The molecule has 0 spiro atoms. The van der Waals surface area contributed by atoms with Gasteiger partial charge in [0.2, 0.25) is 5.91 Å². The van der Waals surface area contributed by atoms with Gasteiger partial charge in [-0.1, -0.05) is 12.5 Å². The Hall–Kier alpha value is -2.54. The zero-order chi connectivity index (χ0) is 17.2. The van der Waals surface area contributed by atoms with Gasteiger partial charge in [-0.05, 0) is 37.0 Å². The predicted molar refractivity (Wildman–Crippen MR) is 99.2 cm³/mol. The largest absolute Gasteiger partial charge is 0.369 e. The standard InChI is InChI=1S/C18H19N5OS/c19-17(24)12-2-1-3-13(6-12)23-18-14-7-11(16-8-20-10-25-16)4-5-15(14)21-9-22-18/h4-5,7-10,12-13H,1-3,6H2,(H2,19,24)(H,21,22,23)/t12-,13-/m1/s1. The molecular formula is C18H19N5OS. The van der Waals surface area contributed by atoms with Crippen LogP contribution in [0.15, 0.2) is 36.2 Å². The summed E-state index contributed by atoms with van der Waals surface area (Å²) in [5.41, 5.74) is 9.32. The van der Waals surface area contributed by atoms with Crippen LogP contribution < -0.4 is 11.1 Å². The van der Waals surface area contributed by atoms with Gasteiger partial charge in [-0.25, -0.2) is 9.97 Å². The fourth-order valence-electron chi connectivity index (χ4n) is 3.46. The molecular weight excluding hydrogens is 334 g/mol. The Morgan fingerprint density at radius 3 is 3.00 bits per heavy atom. The molecule has 3 aromatic rings. The molecule has 2 aromatic heterocycles. The minimum Gasteiger partial charge on any atom is -0.369 e. The number of aromatic nitrogens is 3. The van der Waals surface area contributed by atoms with E-state index in [4.69, 9.17) is 5.73 Å². The van der Waals surface area contributed by atoms with Gasteiger partial charge in [-0.15, -0.1) is 11.3 Å². The van der Waals surface area contributed by atoms with Gasteiger partial charge in [-0.2, -0.15) is 0 Å². The molecule has 1 aliphatic carbocycles. The van der Waals surface area contributed by atoms with Gasteiger partial charge in [-0.3, -0.25) is 9.78 Å². The lowest BCUT2D eigenvalue weighted by Gasteiger charge is -2.28. The number of amides is 1. The lowest BCUT2D eigenvalue weighted by molar-refractivity contribution is -0.122. The van der Waals surface area contributed by atoms with Crippen molar-refractivity contribution in [3.05, 3.63) is 36.2 Å². The molecule has 1 amide bonds. The number of anilines is 1. The van der Waals surface area contributed by atoms with E-state index in [1.54, 1.807) is 17.7 Å². The second-order valence-corrected chi connectivity index (χ2v) is 7.31. The second-order valence-electron chi connectivity index (χ2n) is 6.43. The predicted octanol–water partition coefficient (Wildman–Crippen LogP) is 3.21. The van der Waals surface area contributed by atoms with Crippen molar-refractivity contribution in [2.24, 2.45) is 11.7 Å². The van der Waals surface area contributed by atoms with Crippen LogP contribution in [0.4, 0.5) is 5.82 Å². The van der Waals surface area contributed by atoms with E-state index in [1.165, 1.54) is 0 Å². The highest BCUT2D eigenvalue weighted by molar-refractivity contribution is 7.13. The van der Waals surface area contributed by atoms with Gasteiger partial charge >= 0.3 is 0 Å². The summed E-state index contributed by atoms with van der Waals surface area (Å²) in [5.74, 6) is 0.560. The molecule has 25 heavy (non-hydrogen) atoms. The van der Waals surface area contributed by atoms with Crippen LogP contribution in [-0.4, -0.2) is 26.9 Å². The molecule has 2 atom stereocenters. The average molecular weight is 353 g/mol. The van der Waals surface area contributed by atoms with E-state index in [1.807, 2.05) is 17.8 Å². The first-order chi connectivity index (χ1) is 12.2. The minimum absolute atomic E-state index is 0.0490. The normalized spacial score (nSPS) is 20.5. The molecule has 0 bridgehead atoms. The molecule has 7 heteroatoms. The molecule has 4 rings (SSSR count). The van der Waals surface area contributed by atoms with Crippen LogP contribution in [0.25, 0.3) is 21.3 Å². The summed E-state index contributed by atoms with van der Waals surface area (Å²) in [7, 11) is 0. The molecule has 0 radical (unpaired) electrons. The first-order valence-corrected chi connectivity index (χ1v) is 9.28. The maximum absolute atomic E-state index is 11.5. The van der Waals surface area contributed by atoms with Gasteiger partial charge in [0.05, 0.1) is 15.9 Å². The van der Waals surface area contributed by atoms with Crippen LogP contribution in [0, 0.1) is 5.92 Å². The number of hydrogen-bond acceptors (Lipinski definition) is 6. The number of hydrogen-bond donors (Lipinski definition) is 2. The van der Waals surface area contributed by atoms with Gasteiger partial charge in [0, 0.05) is 23.5 Å². The number of nitrogens with zero attached hydrogens (tertiary/aromatic N) is 3. The van der Waals surface area contributed by atoms with Crippen LogP contribution in [-0.2, 0) is 4.79 Å². The van der Waals surface area contributed by atoms with Crippen molar-refractivity contribution in [2.45, 2.75) is 31.7 Å². The zero-order valence-electron chi connectivity index (χ0n) is 13.7. The third-order valence-electron chi connectivity index (χ3n) is 4.77. The molecule has 0 unspecified atom stereocenters. The van der Waals surface area contributed by atoms with Crippen molar-refractivity contribution < 1.29 is 4.79 Å². The van der Waals surface area contributed by atoms with Gasteiger partial charge in [0.25, 0.3) is 0 Å². The molecule has 3 N–H and O–H groups in total. The molecule has 0 saturated heterocycles. The van der Waals surface area contributed by atoms with Crippen molar-refractivity contribution >= 4 is 34.0 Å². The fourth-order valence-corrected chi connectivity index (χ4v) is 4.08. The van der Waals surface area contributed by atoms with Crippen LogP contribution in [0.2, 0.25) is 0 Å². The number of carbonyl (C=O) groups excluding carboxylic acids is 1. The van der Waals surface area contributed by atoms with E-state index in [0.717, 1.165) is 52.8 Å². The summed E-state index contributed by atoms with van der Waals surface area (Å²) in [5, 5.41) is 4.49. The lowest BCUT2D eigenvalue weighted by Crippen LogP contribution is -2.34. The Morgan fingerprint density at radius 2 is 2.20 bits per heavy atom. The number of benzene rings is 1. The number of carbonyl (C=O) groups is 1. The molecule has 1 fully saturated rings. The van der Waals surface area contributed by atoms with Gasteiger partial charge in [0.15, 0.2) is 0 Å². The van der Waals surface area contributed by atoms with Gasteiger partial charge < -0.3 is 11.1 Å². The lowest BCUT2D eigenvalue weighted by atomic mass is 9.85. The summed E-state index contributed by atoms with van der Waals surface area (Å²) in [6.45, 7) is 0. The van der Waals surface area contributed by atoms with Crippen LogP contribution in [0.1, 0.15) is 25.7 Å². The maximum Gasteiger partial charge on any atom is 0.220 e. The van der Waals surface area contributed by atoms with Crippen molar-refractivity contribution in [1.29, 1.82) is 0 Å². The number of nitrogens with two attached hydrogens (primary N) is 1. The van der Waals surface area contributed by atoms with E-state index >= 15 is 0 Å². The van der Waals surface area contributed by atoms with E-state index in [2.05, 4.69) is 32.4 Å². The molecule has 1 aliphatic rings. The number of primary amides is 1. The van der Waals surface area contributed by atoms with Crippen molar-refractivity contribution in [1.82, 2.24) is 15.0 Å². The Bertz CT molecular complexity index is 896. The maximum atomic E-state index is 11.5. The Kier molecular flexibility index (Phi) is 4.31. The number of fused-ring (bicyclic) bond motifs is 1. The molecule has 1 aromatic carbocycles. The van der Waals surface area contributed by atoms with Crippen molar-refractivity contribution in [2.75, 3.05) is 5.32 Å². The fraction of sp³-hybridized carbons (Fsp3) is 0.333. The summed E-state index contributed by atoms with van der Waals surface area (Å²) in [4.78, 5) is 25.6. The number of rotatable bonds is 4. The van der Waals surface area contributed by atoms with Crippen LogP contribution >= 0.6 is 11.3 Å². The molecule has 0 aliphatic heterocycles. The SMILES string of the molecule is NC(=O)[C@@H]1CCC[C@@H](Nc2ncnc3ccc(-c4cncs4)cc23)C1. The number of thiazole rings is 1. The van der Waals surface area contributed by atoms with E-state index in [0.29, 0.717) is 0 Å². The summed E-state index contributed by atoms with van der Waals surface area (Å²) in [6.07, 6.45) is 7.10. The Balaban J connectivity index is 1.65. The first-order valence-electron chi connectivity index (χ1n) is 8.40. The van der Waals surface area contributed by atoms with Crippen LogP contribution in [0.5, 0.6) is 0 Å². The molecule has 1 saturated carbocycles. The van der Waals surface area contributed by atoms with E-state index in [9.17, 15) is 4.79 Å². The van der Waals surface area contributed by atoms with Crippen molar-refractivity contribution in [3.8, 4) is 10.4 Å². The second kappa shape index (κ2) is 6.76. The van der Waals surface area contributed by atoms with Crippen LogP contribution in [0.3, 0.4) is 0 Å². The molecule has 128 valence electrons. The van der Waals surface area contributed by atoms with E-state index < -0.39 is 0 Å². The highest BCUT2D eigenvalue weighted by atomic mass is 32.1. The molecule has 2 heterocycles.